The molecule has 4 heteroatoms. The van der Waals surface area contributed by atoms with Crippen LogP contribution in [0.5, 0.6) is 0 Å². The van der Waals surface area contributed by atoms with Crippen LogP contribution in [-0.2, 0) is 0 Å². The molecular weight excluding hydrogens is 623 g/mol. The van der Waals surface area contributed by atoms with E-state index in [0.29, 0.717) is 11.1 Å². The summed E-state index contributed by atoms with van der Waals surface area (Å²) in [4.78, 5) is 14.7. The first-order valence-corrected chi connectivity index (χ1v) is 16.4. The Kier molecular flexibility index (Phi) is 4.96. The minimum Gasteiger partial charge on any atom is -0.455 e. The zero-order valence-corrected chi connectivity index (χ0v) is 26.8. The van der Waals surface area contributed by atoms with Crippen LogP contribution in [-0.4, -0.2) is 15.0 Å². The fourth-order valence-corrected chi connectivity index (χ4v) is 6.64. The van der Waals surface area contributed by atoms with E-state index in [1.807, 2.05) is 84.9 Å². The molecule has 0 fully saturated rings. The summed E-state index contributed by atoms with van der Waals surface area (Å²) in [5, 5.41) is 1.74. The van der Waals surface area contributed by atoms with Gasteiger partial charge >= 0.3 is 0 Å². The fourth-order valence-electron chi connectivity index (χ4n) is 6.64. The maximum absolute atomic E-state index is 9.28. The molecule has 0 unspecified atom stereocenters. The third-order valence-corrected chi connectivity index (χ3v) is 9.04. The molecule has 0 saturated heterocycles. The second-order valence-corrected chi connectivity index (χ2v) is 12.1. The summed E-state index contributed by atoms with van der Waals surface area (Å²) in [6, 6.07) is 35.3. The van der Waals surface area contributed by atoms with Crippen molar-refractivity contribution in [3.05, 3.63) is 176 Å². The molecule has 51 heavy (non-hydrogen) atoms. The van der Waals surface area contributed by atoms with E-state index in [-0.39, 0.29) is 55.7 Å². The van der Waals surface area contributed by atoms with Crippen LogP contribution in [0.1, 0.15) is 12.3 Å². The number of hydrogen-bond acceptors (Lipinski definition) is 4. The van der Waals surface area contributed by atoms with Crippen molar-refractivity contribution in [2.75, 3.05) is 0 Å². The van der Waals surface area contributed by atoms with E-state index in [0.717, 1.165) is 33.0 Å². The predicted molar refractivity (Wildman–Crippen MR) is 209 cm³/mol. The molecule has 0 N–H and O–H groups in total. The van der Waals surface area contributed by atoms with E-state index in [2.05, 4.69) is 36.4 Å². The summed E-state index contributed by atoms with van der Waals surface area (Å²) in [5.41, 5.74) is 4.88. The molecule has 0 aliphatic heterocycles. The highest BCUT2D eigenvalue weighted by molar-refractivity contribution is 6.18. The number of benzene rings is 8. The highest BCUT2D eigenvalue weighted by Crippen LogP contribution is 2.40. The van der Waals surface area contributed by atoms with E-state index in [1.165, 1.54) is 0 Å². The van der Waals surface area contributed by atoms with E-state index >= 15 is 0 Å². The van der Waals surface area contributed by atoms with Crippen LogP contribution in [0.15, 0.2) is 180 Å². The highest BCUT2D eigenvalue weighted by Gasteiger charge is 2.19. The van der Waals surface area contributed by atoms with Gasteiger partial charge in [-0.1, -0.05) is 145 Å². The third-order valence-electron chi connectivity index (χ3n) is 9.04. The molecule has 238 valence electrons. The number of rotatable bonds is 5. The average Bonchev–Trinajstić information content (AvgIpc) is 3.68. The summed E-state index contributed by atoms with van der Waals surface area (Å²) >= 11 is 0. The second-order valence-electron chi connectivity index (χ2n) is 12.1. The number of hydrogen-bond donors (Lipinski definition) is 0. The van der Waals surface area contributed by atoms with Gasteiger partial charge in [0, 0.05) is 32.8 Å². The Morgan fingerprint density at radius 1 is 0.412 bits per heavy atom. The summed E-state index contributed by atoms with van der Waals surface area (Å²) < 4.78 is 85.4. The Morgan fingerprint density at radius 3 is 1.98 bits per heavy atom. The summed E-state index contributed by atoms with van der Waals surface area (Å²) in [7, 11) is 0. The molecule has 8 aromatic carbocycles. The molecule has 0 bridgehead atoms. The topological polar surface area (TPSA) is 51.8 Å². The van der Waals surface area contributed by atoms with Gasteiger partial charge in [0.25, 0.3) is 0 Å². The zero-order chi connectivity index (χ0) is 41.6. The van der Waals surface area contributed by atoms with Crippen LogP contribution >= 0.6 is 0 Å². The lowest BCUT2D eigenvalue weighted by atomic mass is 9.92. The van der Waals surface area contributed by atoms with Gasteiger partial charge in [-0.15, -0.1) is 0 Å². The summed E-state index contributed by atoms with van der Waals surface area (Å²) in [6.45, 7) is 0. The third kappa shape index (κ3) is 5.04. The van der Waals surface area contributed by atoms with Gasteiger partial charge in [-0.25, -0.2) is 15.0 Å². The quantitative estimate of drug-likeness (QED) is 0.184. The van der Waals surface area contributed by atoms with Crippen molar-refractivity contribution in [1.29, 1.82) is 0 Å². The monoisotopic (exact) mass is 660 g/mol. The maximum Gasteiger partial charge on any atom is 0.164 e. The summed E-state index contributed by atoms with van der Waals surface area (Å²) in [6.07, 6.45) is 0. The smallest absolute Gasteiger partial charge is 0.164 e. The van der Waals surface area contributed by atoms with Crippen molar-refractivity contribution >= 4 is 43.5 Å². The largest absolute Gasteiger partial charge is 0.455 e. The lowest BCUT2D eigenvalue weighted by Crippen LogP contribution is -2.00. The van der Waals surface area contributed by atoms with Gasteiger partial charge in [0.1, 0.15) is 11.2 Å². The zero-order valence-electron chi connectivity index (χ0n) is 35.8. The van der Waals surface area contributed by atoms with Crippen LogP contribution in [0, 0.1) is 0 Å². The van der Waals surface area contributed by atoms with Crippen molar-refractivity contribution in [2.45, 2.75) is 0 Å². The Balaban J connectivity index is 1.26. The van der Waals surface area contributed by atoms with Crippen LogP contribution in [0.25, 0.3) is 99.9 Å². The van der Waals surface area contributed by atoms with Gasteiger partial charge in [0.05, 0.1) is 12.3 Å². The minimum absolute atomic E-state index is 0.0120. The first-order chi connectivity index (χ1) is 29.0. The van der Waals surface area contributed by atoms with Gasteiger partial charge in [-0.3, -0.25) is 0 Å². The van der Waals surface area contributed by atoms with Gasteiger partial charge in [-0.05, 0) is 68.7 Å². The molecule has 0 atom stereocenters. The Hall–Kier alpha value is -6.91. The molecular formula is C47H29N3O. The molecule has 10 aromatic rings. The molecule has 2 heterocycles. The predicted octanol–water partition coefficient (Wildman–Crippen LogP) is 12.4. The first kappa shape index (κ1) is 21.2. The number of aromatic nitrogens is 3. The number of fused-ring (bicyclic) bond motifs is 6. The standard InChI is InChI=1S/C47H29N3O/c1-3-13-30(14-4-1)36-28-33-18-8-9-21-37(33)41(29-36)34-19-11-20-35(27-34)46-48-45(32-16-5-2-6-17-32)49-47(50-46)40-23-12-24-42-43(40)39-26-25-31-15-7-10-22-38(31)44(39)51-42/h1-29H/i7D,10D,12D,15D,22D,23D,24D,25D,26D. The van der Waals surface area contributed by atoms with Crippen LogP contribution in [0.2, 0.25) is 0 Å². The Bertz CT molecular complexity index is 3430. The minimum atomic E-state index is -0.563. The molecule has 0 aliphatic carbocycles. The molecule has 2 aromatic heterocycles. The Morgan fingerprint density at radius 2 is 1.12 bits per heavy atom. The summed E-state index contributed by atoms with van der Waals surface area (Å²) in [5.74, 6) is 0.456. The molecule has 0 amide bonds. The van der Waals surface area contributed by atoms with Gasteiger partial charge in [-0.2, -0.15) is 0 Å². The van der Waals surface area contributed by atoms with Crippen molar-refractivity contribution in [3.8, 4) is 56.4 Å². The second kappa shape index (κ2) is 11.9. The van der Waals surface area contributed by atoms with E-state index < -0.39 is 54.4 Å². The fraction of sp³-hybridized carbons (Fsp3) is 0. The average molecular weight is 661 g/mol. The molecule has 0 saturated carbocycles. The molecule has 0 spiro atoms. The van der Waals surface area contributed by atoms with E-state index in [4.69, 9.17) is 29.0 Å². The van der Waals surface area contributed by atoms with Crippen LogP contribution in [0.3, 0.4) is 0 Å². The van der Waals surface area contributed by atoms with Crippen LogP contribution in [0.4, 0.5) is 0 Å². The lowest BCUT2D eigenvalue weighted by molar-refractivity contribution is 0.672. The van der Waals surface area contributed by atoms with Crippen molar-refractivity contribution in [2.24, 2.45) is 0 Å². The van der Waals surface area contributed by atoms with Crippen molar-refractivity contribution < 1.29 is 16.8 Å². The molecule has 4 nitrogen and oxygen atoms in total. The maximum atomic E-state index is 9.28. The SMILES string of the molecule is [2H]c1c([2H])c(-c2nc(-c3ccccc3)nc(-c3cccc(-c4cc(-c5ccccc5)cc5ccccc45)c3)n2)c2c(oc3c4c([2H])c([2H])c([2H])c([2H])c4c([2H])c([2H])c32)c1[2H]. The van der Waals surface area contributed by atoms with Gasteiger partial charge < -0.3 is 4.42 Å². The first-order valence-electron chi connectivity index (χ1n) is 20.9. The van der Waals surface area contributed by atoms with Gasteiger partial charge in [0.15, 0.2) is 17.5 Å². The van der Waals surface area contributed by atoms with Crippen molar-refractivity contribution in [1.82, 2.24) is 15.0 Å². The Labute approximate surface area is 307 Å². The normalized spacial score (nSPS) is 14.0. The molecule has 0 radical (unpaired) electrons. The molecule has 10 rings (SSSR count). The molecule has 0 aliphatic rings. The lowest BCUT2D eigenvalue weighted by Gasteiger charge is -2.13. The van der Waals surface area contributed by atoms with Crippen molar-refractivity contribution in [3.63, 3.8) is 0 Å². The highest BCUT2D eigenvalue weighted by atomic mass is 16.3. The van der Waals surface area contributed by atoms with E-state index in [9.17, 15) is 2.74 Å². The number of furan rings is 1. The van der Waals surface area contributed by atoms with Crippen LogP contribution < -0.4 is 0 Å². The number of nitrogens with zero attached hydrogens (tertiary/aromatic N) is 3. The van der Waals surface area contributed by atoms with Gasteiger partial charge in [0.2, 0.25) is 0 Å². The van der Waals surface area contributed by atoms with E-state index in [1.54, 1.807) is 0 Å².